The smallest absolute Gasteiger partial charge is 0.238 e. The van der Waals surface area contributed by atoms with Crippen molar-refractivity contribution >= 4 is 27.7 Å². The molecule has 0 heterocycles. The average Bonchev–Trinajstić information content (AvgIpc) is 2.78. The van der Waals surface area contributed by atoms with E-state index in [0.717, 1.165) is 56.6 Å². The minimum Gasteiger partial charge on any atom is -0.506 e. The van der Waals surface area contributed by atoms with Gasteiger partial charge in [-0.15, -0.1) is 10.2 Å². The lowest BCUT2D eigenvalue weighted by Gasteiger charge is -2.19. The predicted molar refractivity (Wildman–Crippen MR) is 129 cm³/mol. The van der Waals surface area contributed by atoms with E-state index in [2.05, 4.69) is 17.2 Å². The fourth-order valence-corrected chi connectivity index (χ4v) is 4.31. The third kappa shape index (κ3) is 7.81. The summed E-state index contributed by atoms with van der Waals surface area (Å²) in [6.07, 6.45) is 8.98. The third-order valence-electron chi connectivity index (χ3n) is 5.66. The molecule has 1 unspecified atom stereocenters. The number of hydrogen-bond acceptors (Lipinski definition) is 8. The van der Waals surface area contributed by atoms with Crippen LogP contribution in [0.25, 0.3) is 0 Å². The molecule has 0 aliphatic carbocycles. The van der Waals surface area contributed by atoms with E-state index in [1.54, 1.807) is 6.07 Å². The number of hydrogen-bond donors (Lipinski definition) is 4. The van der Waals surface area contributed by atoms with Crippen molar-refractivity contribution in [1.82, 2.24) is 0 Å². The second-order valence-electron chi connectivity index (χ2n) is 8.26. The number of nitrogens with two attached hydrogens (primary N) is 1. The van der Waals surface area contributed by atoms with Gasteiger partial charge in [0.15, 0.2) is 5.69 Å². The molecule has 0 aromatic heterocycles. The second kappa shape index (κ2) is 13.0. The zero-order chi connectivity index (χ0) is 25.1. The van der Waals surface area contributed by atoms with E-state index in [0.29, 0.717) is 24.8 Å². The Morgan fingerprint density at radius 2 is 1.62 bits per heavy atom. The van der Waals surface area contributed by atoms with Gasteiger partial charge in [-0.1, -0.05) is 45.1 Å². The van der Waals surface area contributed by atoms with E-state index in [-0.39, 0.29) is 39.4 Å². The van der Waals surface area contributed by atoms with Gasteiger partial charge in [0.2, 0.25) is 10.0 Å². The molecule has 0 aliphatic rings. The van der Waals surface area contributed by atoms with Crippen molar-refractivity contribution in [3.8, 4) is 17.2 Å². The SMILES string of the molecule is CCCCCCCC(CCCC=O)c1ccc(O)c(N=Nc2cc(S(N)(=O)=O)ccc2O)c1O. The summed E-state index contributed by atoms with van der Waals surface area (Å²) in [6.45, 7) is 2.15. The Kier molecular flexibility index (Phi) is 10.5. The summed E-state index contributed by atoms with van der Waals surface area (Å²) in [4.78, 5) is 10.5. The van der Waals surface area contributed by atoms with E-state index in [1.807, 2.05) is 0 Å². The lowest BCUT2D eigenvalue weighted by Crippen LogP contribution is -2.11. The monoisotopic (exact) mass is 491 g/mol. The Morgan fingerprint density at radius 1 is 0.941 bits per heavy atom. The summed E-state index contributed by atoms with van der Waals surface area (Å²) in [5, 5.41) is 44.0. The number of carbonyl (C=O) groups is 1. The van der Waals surface area contributed by atoms with Crippen LogP contribution in [0, 0.1) is 0 Å². The number of aldehydes is 1. The first-order valence-corrected chi connectivity index (χ1v) is 13.0. The first-order chi connectivity index (χ1) is 16.2. The Morgan fingerprint density at radius 3 is 2.29 bits per heavy atom. The number of unbranched alkanes of at least 4 members (excludes halogenated alkanes) is 5. The topological polar surface area (TPSA) is 163 Å². The van der Waals surface area contributed by atoms with E-state index >= 15 is 0 Å². The van der Waals surface area contributed by atoms with Crippen molar-refractivity contribution in [2.45, 2.75) is 75.5 Å². The van der Waals surface area contributed by atoms with Crippen LogP contribution in [0.2, 0.25) is 0 Å². The number of aromatic hydroxyl groups is 3. The molecule has 0 radical (unpaired) electrons. The van der Waals surface area contributed by atoms with Gasteiger partial charge in [-0.2, -0.15) is 0 Å². The molecule has 34 heavy (non-hydrogen) atoms. The Bertz CT molecular complexity index is 1100. The third-order valence-corrected chi connectivity index (χ3v) is 6.58. The van der Waals surface area contributed by atoms with Crippen LogP contribution in [0.15, 0.2) is 45.5 Å². The number of phenolic OH excluding ortho intramolecular Hbond substituents is 3. The van der Waals surface area contributed by atoms with Crippen LogP contribution in [-0.4, -0.2) is 30.0 Å². The lowest BCUT2D eigenvalue weighted by molar-refractivity contribution is -0.107. The van der Waals surface area contributed by atoms with Crippen molar-refractivity contribution in [2.24, 2.45) is 15.4 Å². The van der Waals surface area contributed by atoms with E-state index in [4.69, 9.17) is 5.14 Å². The standard InChI is InChI=1S/C24H33N3O6S/c1-2-3-4-5-6-9-17(10-7-8-15-28)19-12-14-22(30)23(24(19)31)27-26-20-16-18(34(25,32)33)11-13-21(20)29/h11-17,29-31H,2-10H2,1H3,(H2,25,32,33). The van der Waals surface area contributed by atoms with Crippen molar-refractivity contribution in [3.63, 3.8) is 0 Å². The number of sulfonamides is 1. The molecule has 9 nitrogen and oxygen atoms in total. The molecule has 0 amide bonds. The molecule has 1 atom stereocenters. The maximum Gasteiger partial charge on any atom is 0.238 e. The fourth-order valence-electron chi connectivity index (χ4n) is 3.77. The summed E-state index contributed by atoms with van der Waals surface area (Å²) in [6, 6.07) is 6.34. The molecule has 186 valence electrons. The molecule has 2 rings (SSSR count). The number of nitrogens with zero attached hydrogens (tertiary/aromatic N) is 2. The van der Waals surface area contributed by atoms with Crippen LogP contribution >= 0.6 is 0 Å². The molecule has 0 aliphatic heterocycles. The number of primary sulfonamides is 1. The van der Waals surface area contributed by atoms with Crippen LogP contribution in [0.3, 0.4) is 0 Å². The van der Waals surface area contributed by atoms with Gasteiger partial charge in [0, 0.05) is 6.42 Å². The van der Waals surface area contributed by atoms with Crippen LogP contribution in [0.5, 0.6) is 17.2 Å². The van der Waals surface area contributed by atoms with Gasteiger partial charge in [-0.3, -0.25) is 0 Å². The van der Waals surface area contributed by atoms with Crippen molar-refractivity contribution in [3.05, 3.63) is 35.9 Å². The molecule has 0 saturated carbocycles. The molecule has 0 fully saturated rings. The molecule has 2 aromatic carbocycles. The quantitative estimate of drug-likeness (QED) is 0.151. The first-order valence-electron chi connectivity index (χ1n) is 11.4. The summed E-state index contributed by atoms with van der Waals surface area (Å²) < 4.78 is 23.1. The maximum absolute atomic E-state index is 11.6. The minimum atomic E-state index is -4.02. The molecular formula is C24H33N3O6S. The van der Waals surface area contributed by atoms with Crippen molar-refractivity contribution < 1.29 is 28.5 Å². The summed E-state index contributed by atoms with van der Waals surface area (Å²) in [7, 11) is -4.02. The molecule has 0 spiro atoms. The highest BCUT2D eigenvalue weighted by molar-refractivity contribution is 7.89. The van der Waals surface area contributed by atoms with Gasteiger partial charge in [0.1, 0.15) is 29.2 Å². The normalized spacial score (nSPS) is 12.8. The lowest BCUT2D eigenvalue weighted by atomic mass is 9.87. The molecule has 5 N–H and O–H groups in total. The number of phenols is 3. The molecule has 0 saturated heterocycles. The van der Waals surface area contributed by atoms with E-state index in [1.165, 1.54) is 12.5 Å². The number of carbonyl (C=O) groups excluding carboxylic acids is 1. The van der Waals surface area contributed by atoms with Crippen LogP contribution in [0.1, 0.15) is 76.2 Å². The van der Waals surface area contributed by atoms with Crippen molar-refractivity contribution in [1.29, 1.82) is 0 Å². The van der Waals surface area contributed by atoms with E-state index < -0.39 is 10.0 Å². The Balaban J connectivity index is 2.34. The van der Waals surface area contributed by atoms with Crippen LogP contribution < -0.4 is 5.14 Å². The van der Waals surface area contributed by atoms with E-state index in [9.17, 15) is 28.5 Å². The summed E-state index contributed by atoms with van der Waals surface area (Å²) >= 11 is 0. The highest BCUT2D eigenvalue weighted by Crippen LogP contribution is 2.45. The molecule has 0 bridgehead atoms. The van der Waals surface area contributed by atoms with Crippen LogP contribution in [-0.2, 0) is 14.8 Å². The first kappa shape index (κ1) is 27.3. The average molecular weight is 492 g/mol. The Hall–Kier alpha value is -2.98. The maximum atomic E-state index is 11.6. The predicted octanol–water partition coefficient (Wildman–Crippen LogP) is 5.68. The zero-order valence-corrected chi connectivity index (χ0v) is 20.2. The minimum absolute atomic E-state index is 0.0322. The fraction of sp³-hybridized carbons (Fsp3) is 0.458. The largest absolute Gasteiger partial charge is 0.506 e. The van der Waals surface area contributed by atoms with Gasteiger partial charge in [0.25, 0.3) is 0 Å². The van der Waals surface area contributed by atoms with Crippen molar-refractivity contribution in [2.75, 3.05) is 0 Å². The van der Waals surface area contributed by atoms with Gasteiger partial charge in [-0.05, 0) is 55.0 Å². The molecule has 10 heteroatoms. The number of rotatable bonds is 14. The van der Waals surface area contributed by atoms with Gasteiger partial charge >= 0.3 is 0 Å². The second-order valence-corrected chi connectivity index (χ2v) is 9.83. The summed E-state index contributed by atoms with van der Waals surface area (Å²) in [5.74, 6) is -0.933. The highest BCUT2D eigenvalue weighted by Gasteiger charge is 2.20. The van der Waals surface area contributed by atoms with Gasteiger partial charge in [-0.25, -0.2) is 13.6 Å². The summed E-state index contributed by atoms with van der Waals surface area (Å²) in [5.41, 5.74) is 0.217. The number of azo groups is 1. The Labute approximate surface area is 200 Å². The van der Waals surface area contributed by atoms with Gasteiger partial charge in [0.05, 0.1) is 4.90 Å². The van der Waals surface area contributed by atoms with Crippen LogP contribution in [0.4, 0.5) is 11.4 Å². The molecular weight excluding hydrogens is 458 g/mol. The number of benzene rings is 2. The molecule has 2 aromatic rings. The highest BCUT2D eigenvalue weighted by atomic mass is 32.2. The van der Waals surface area contributed by atoms with Gasteiger partial charge < -0.3 is 20.1 Å². The zero-order valence-electron chi connectivity index (χ0n) is 19.4.